The summed E-state index contributed by atoms with van der Waals surface area (Å²) in [4.78, 5) is 70.4. The molecule has 3 N–H and O–H groups in total. The standard InChI is InChI=1S/C40H65N3O8/c1-11-28(12-2)36(42(8)38(47)30(25(3)4)23-34(45)40(6,7)41)33(50-9)24-35(46)43-20-16-19-31(43)37(51-10)26(5)32(44)22-29(39(48)49)21-27-17-14-13-15-18-27/h13-15,17-18,25-26,28-31,33,36-37H,11-12,16,19-24,41H2,1-10H3,(H,48,49)/t26-,29+,30-,31-,33+,36-,37+/m0/s1. The zero-order valence-electron chi connectivity index (χ0n) is 32.7. The number of hydrogen-bond donors (Lipinski definition) is 2. The van der Waals surface area contributed by atoms with Crippen molar-refractivity contribution in [3.63, 3.8) is 0 Å². The highest BCUT2D eigenvalue weighted by molar-refractivity contribution is 5.92. The number of carboxylic acids is 1. The van der Waals surface area contributed by atoms with Crippen LogP contribution in [0.1, 0.15) is 99.0 Å². The Hall–Kier alpha value is -3.15. The van der Waals surface area contributed by atoms with Crippen LogP contribution in [-0.4, -0.2) is 102 Å². The Kier molecular flexibility index (Phi) is 17.4. The van der Waals surface area contributed by atoms with E-state index in [4.69, 9.17) is 15.2 Å². The number of nitrogens with zero attached hydrogens (tertiary/aromatic N) is 2. The molecule has 2 amide bonds. The van der Waals surface area contributed by atoms with Gasteiger partial charge in [-0.25, -0.2) is 0 Å². The maximum atomic E-state index is 14.2. The normalized spacial score (nSPS) is 18.6. The molecule has 1 aromatic carbocycles. The Bertz CT molecular complexity index is 1290. The highest BCUT2D eigenvalue weighted by atomic mass is 16.5. The number of carboxylic acid groups (broad SMARTS) is 1. The second-order valence-electron chi connectivity index (χ2n) is 15.4. The van der Waals surface area contributed by atoms with Crippen molar-refractivity contribution in [2.75, 3.05) is 27.8 Å². The summed E-state index contributed by atoms with van der Waals surface area (Å²) in [6, 6.07) is 8.45. The number of aliphatic carboxylic acids is 1. The van der Waals surface area contributed by atoms with E-state index in [1.54, 1.807) is 44.7 Å². The summed E-state index contributed by atoms with van der Waals surface area (Å²) in [6.07, 6.45) is 1.80. The van der Waals surface area contributed by atoms with Gasteiger partial charge in [-0.05, 0) is 50.5 Å². The average molecular weight is 716 g/mol. The minimum Gasteiger partial charge on any atom is -0.481 e. The number of likely N-dealkylation sites (tertiary alicyclic amines) is 1. The zero-order valence-corrected chi connectivity index (χ0v) is 32.7. The lowest BCUT2D eigenvalue weighted by atomic mass is 9.82. The van der Waals surface area contributed by atoms with Gasteiger partial charge in [0, 0.05) is 52.5 Å². The second kappa shape index (κ2) is 20.2. The first-order valence-corrected chi connectivity index (χ1v) is 18.7. The van der Waals surface area contributed by atoms with E-state index in [2.05, 4.69) is 13.8 Å². The number of likely N-dealkylation sites (N-methyl/N-ethyl adjacent to an activating group) is 1. The summed E-state index contributed by atoms with van der Waals surface area (Å²) in [5, 5.41) is 9.92. The first-order valence-electron chi connectivity index (χ1n) is 18.7. The van der Waals surface area contributed by atoms with Crippen LogP contribution in [0, 0.1) is 29.6 Å². The van der Waals surface area contributed by atoms with E-state index in [1.807, 2.05) is 44.2 Å². The lowest BCUT2D eigenvalue weighted by Crippen LogP contribution is -2.54. The monoisotopic (exact) mass is 715 g/mol. The highest BCUT2D eigenvalue weighted by Gasteiger charge is 2.43. The van der Waals surface area contributed by atoms with E-state index in [0.29, 0.717) is 13.0 Å². The summed E-state index contributed by atoms with van der Waals surface area (Å²) in [6.45, 7) is 13.5. The van der Waals surface area contributed by atoms with Crippen molar-refractivity contribution < 1.29 is 38.6 Å². The Morgan fingerprint density at radius 3 is 2.08 bits per heavy atom. The Morgan fingerprint density at radius 1 is 0.980 bits per heavy atom. The summed E-state index contributed by atoms with van der Waals surface area (Å²) in [7, 11) is 4.82. The molecule has 1 fully saturated rings. The number of methoxy groups -OCH3 is 2. The first-order chi connectivity index (χ1) is 23.9. The van der Waals surface area contributed by atoms with Gasteiger partial charge in [0.2, 0.25) is 11.8 Å². The molecule has 11 heteroatoms. The SMILES string of the molecule is CCC(CC)[C@@H]([C@@H](CC(=O)N1CCC[C@H]1[C@H](OC)[C@@H](C)C(=O)C[C@@H](Cc1ccccc1)C(=O)O)OC)N(C)C(=O)[C@@H](CC(=O)C(C)(C)N)C(C)C. The number of carbonyl (C=O) groups is 5. The number of ether oxygens (including phenoxy) is 2. The lowest BCUT2D eigenvalue weighted by Gasteiger charge is -2.41. The van der Waals surface area contributed by atoms with Crippen molar-refractivity contribution >= 4 is 29.4 Å². The fourth-order valence-electron chi connectivity index (χ4n) is 7.65. The molecule has 11 nitrogen and oxygen atoms in total. The van der Waals surface area contributed by atoms with Crippen LogP contribution in [-0.2, 0) is 39.9 Å². The molecular weight excluding hydrogens is 650 g/mol. The number of nitrogens with two attached hydrogens (primary N) is 1. The smallest absolute Gasteiger partial charge is 0.307 e. The number of rotatable bonds is 22. The molecule has 1 saturated heterocycles. The van der Waals surface area contributed by atoms with E-state index >= 15 is 0 Å². The Morgan fingerprint density at radius 2 is 1.59 bits per heavy atom. The van der Waals surface area contributed by atoms with Gasteiger partial charge in [0.25, 0.3) is 0 Å². The molecule has 1 aromatic rings. The molecule has 1 aliphatic heterocycles. The van der Waals surface area contributed by atoms with Crippen molar-refractivity contribution in [1.82, 2.24) is 9.80 Å². The van der Waals surface area contributed by atoms with E-state index in [1.165, 1.54) is 7.11 Å². The molecule has 0 bridgehead atoms. The highest BCUT2D eigenvalue weighted by Crippen LogP contribution is 2.32. The van der Waals surface area contributed by atoms with Gasteiger partial charge < -0.3 is 30.1 Å². The largest absolute Gasteiger partial charge is 0.481 e. The second-order valence-corrected chi connectivity index (χ2v) is 15.4. The number of benzene rings is 1. The summed E-state index contributed by atoms with van der Waals surface area (Å²) in [5.74, 6) is -3.93. The molecule has 51 heavy (non-hydrogen) atoms. The van der Waals surface area contributed by atoms with Crippen molar-refractivity contribution in [2.45, 2.75) is 130 Å². The number of hydrogen-bond acceptors (Lipinski definition) is 8. The summed E-state index contributed by atoms with van der Waals surface area (Å²) >= 11 is 0. The van der Waals surface area contributed by atoms with Crippen LogP contribution in [0.5, 0.6) is 0 Å². The van der Waals surface area contributed by atoms with Crippen LogP contribution in [0.4, 0.5) is 0 Å². The minimum absolute atomic E-state index is 0.0177. The fraction of sp³-hybridized carbons (Fsp3) is 0.725. The minimum atomic E-state index is -1.06. The van der Waals surface area contributed by atoms with Gasteiger partial charge >= 0.3 is 5.97 Å². The number of amides is 2. The van der Waals surface area contributed by atoms with Gasteiger partial charge in [-0.2, -0.15) is 0 Å². The van der Waals surface area contributed by atoms with Gasteiger partial charge in [-0.3, -0.25) is 24.0 Å². The lowest BCUT2D eigenvalue weighted by molar-refractivity contribution is -0.149. The molecule has 288 valence electrons. The average Bonchev–Trinajstić information content (AvgIpc) is 3.57. The van der Waals surface area contributed by atoms with Crippen LogP contribution in [0.2, 0.25) is 0 Å². The molecule has 7 atom stereocenters. The van der Waals surface area contributed by atoms with Gasteiger partial charge in [-0.15, -0.1) is 0 Å². The number of ketones is 2. The molecule has 0 aliphatic carbocycles. The van der Waals surface area contributed by atoms with Gasteiger partial charge in [0.1, 0.15) is 5.78 Å². The molecule has 0 spiro atoms. The van der Waals surface area contributed by atoms with E-state index < -0.39 is 47.5 Å². The quantitative estimate of drug-likeness (QED) is 0.165. The maximum Gasteiger partial charge on any atom is 0.307 e. The van der Waals surface area contributed by atoms with E-state index in [-0.39, 0.29) is 66.9 Å². The summed E-state index contributed by atoms with van der Waals surface area (Å²) in [5.41, 5.74) is 5.88. The van der Waals surface area contributed by atoms with E-state index in [9.17, 15) is 29.1 Å². The third kappa shape index (κ3) is 11.9. The maximum absolute atomic E-state index is 14.2. The first kappa shape index (κ1) is 44.0. The molecular formula is C40H65N3O8. The Balaban J connectivity index is 2.29. The molecule has 0 saturated carbocycles. The number of carbonyl (C=O) groups excluding carboxylic acids is 4. The van der Waals surface area contributed by atoms with Crippen LogP contribution in [0.25, 0.3) is 0 Å². The fourth-order valence-corrected chi connectivity index (χ4v) is 7.65. The van der Waals surface area contributed by atoms with Crippen LogP contribution >= 0.6 is 0 Å². The zero-order chi connectivity index (χ0) is 38.6. The third-order valence-electron chi connectivity index (χ3n) is 11.0. The third-order valence-corrected chi connectivity index (χ3v) is 11.0. The molecule has 0 radical (unpaired) electrons. The van der Waals surface area contributed by atoms with Crippen molar-refractivity contribution in [2.24, 2.45) is 35.3 Å². The predicted molar refractivity (Wildman–Crippen MR) is 198 cm³/mol. The van der Waals surface area contributed by atoms with Crippen molar-refractivity contribution in [3.8, 4) is 0 Å². The molecule has 0 unspecified atom stereocenters. The Labute approximate surface area is 306 Å². The van der Waals surface area contributed by atoms with Gasteiger partial charge in [0.15, 0.2) is 5.78 Å². The van der Waals surface area contributed by atoms with Crippen LogP contribution in [0.15, 0.2) is 30.3 Å². The van der Waals surface area contributed by atoms with Crippen molar-refractivity contribution in [1.29, 1.82) is 0 Å². The molecule has 0 aromatic heterocycles. The topological polar surface area (TPSA) is 157 Å². The summed E-state index contributed by atoms with van der Waals surface area (Å²) < 4.78 is 11.9. The van der Waals surface area contributed by atoms with Gasteiger partial charge in [0.05, 0.1) is 42.2 Å². The molecule has 2 rings (SSSR count). The van der Waals surface area contributed by atoms with Crippen LogP contribution in [0.3, 0.4) is 0 Å². The number of Topliss-reactive ketones (excluding diaryl/α,β-unsaturated/α-hetero) is 2. The van der Waals surface area contributed by atoms with Crippen LogP contribution < -0.4 is 5.73 Å². The van der Waals surface area contributed by atoms with Gasteiger partial charge in [-0.1, -0.05) is 77.8 Å². The molecule has 1 heterocycles. The van der Waals surface area contributed by atoms with E-state index in [0.717, 1.165) is 24.8 Å². The molecule has 1 aliphatic rings. The predicted octanol–water partition coefficient (Wildman–Crippen LogP) is 5.17. The van der Waals surface area contributed by atoms with Crippen molar-refractivity contribution in [3.05, 3.63) is 35.9 Å².